The fourth-order valence-corrected chi connectivity index (χ4v) is 5.55. The van der Waals surface area contributed by atoms with Crippen LogP contribution in [0.1, 0.15) is 36.5 Å². The Morgan fingerprint density at radius 3 is 1.34 bits per heavy atom. The second-order valence-corrected chi connectivity index (χ2v) is 13.1. The van der Waals surface area contributed by atoms with Gasteiger partial charge in [-0.2, -0.15) is 0 Å². The Balaban J connectivity index is 1.84. The van der Waals surface area contributed by atoms with Crippen molar-refractivity contribution in [2.45, 2.75) is 81.4 Å². The van der Waals surface area contributed by atoms with Gasteiger partial charge < -0.3 is 52.7 Å². The van der Waals surface area contributed by atoms with E-state index in [1.165, 1.54) is 0 Å². The first-order chi connectivity index (χ1) is 26.7. The first-order valence-electron chi connectivity index (χ1n) is 17.8. The number of aliphatic hydroxyl groups excluding tert-OH is 2. The number of aliphatic carboxylic acids is 2. The zero-order chi connectivity index (χ0) is 41.2. The van der Waals surface area contributed by atoms with Crippen LogP contribution in [-0.2, 0) is 52.8 Å². The van der Waals surface area contributed by atoms with Crippen molar-refractivity contribution in [3.8, 4) is 0 Å². The summed E-state index contributed by atoms with van der Waals surface area (Å²) in [7, 11) is 0. The van der Waals surface area contributed by atoms with Crippen molar-refractivity contribution in [1.29, 1.82) is 0 Å². The lowest BCUT2D eigenvalue weighted by Crippen LogP contribution is -2.61. The highest BCUT2D eigenvalue weighted by Gasteiger charge is 2.34. The molecule has 3 rings (SSSR count). The highest BCUT2D eigenvalue weighted by molar-refractivity contribution is 5.96. The fraction of sp³-hybridized carbons (Fsp3) is 0.359. The molecule has 0 heterocycles. The second-order valence-electron chi connectivity index (χ2n) is 13.1. The van der Waals surface area contributed by atoms with Crippen LogP contribution >= 0.6 is 0 Å². The Kier molecular flexibility index (Phi) is 17.6. The van der Waals surface area contributed by atoms with E-state index in [1.807, 2.05) is 23.5 Å². The molecule has 17 nitrogen and oxygen atoms in total. The number of carbonyl (C=O) groups excluding carboxylic acids is 5. The van der Waals surface area contributed by atoms with E-state index >= 15 is 0 Å². The van der Waals surface area contributed by atoms with Gasteiger partial charge in [0.1, 0.15) is 24.2 Å². The van der Waals surface area contributed by atoms with Crippen LogP contribution in [0.25, 0.3) is 0 Å². The normalized spacial score (nSPS) is 14.6. The van der Waals surface area contributed by atoms with E-state index in [-0.39, 0.29) is 19.3 Å². The number of carbonyl (C=O) groups is 7. The molecule has 0 radical (unpaired) electrons. The maximum Gasteiger partial charge on any atom is 0.328 e. The number of rotatable bonds is 22. The van der Waals surface area contributed by atoms with Crippen molar-refractivity contribution in [2.75, 3.05) is 6.61 Å². The summed E-state index contributed by atoms with van der Waals surface area (Å²) in [4.78, 5) is 90.2. The van der Waals surface area contributed by atoms with Crippen molar-refractivity contribution in [3.05, 3.63) is 108 Å². The maximum atomic E-state index is 14.0. The number of aliphatic hydroxyl groups is 2. The third-order valence-electron chi connectivity index (χ3n) is 8.61. The second kappa shape index (κ2) is 22.3. The first kappa shape index (κ1) is 44.2. The van der Waals surface area contributed by atoms with Gasteiger partial charge in [-0.05, 0) is 36.5 Å². The summed E-state index contributed by atoms with van der Waals surface area (Å²) < 4.78 is 0. The largest absolute Gasteiger partial charge is 0.481 e. The van der Waals surface area contributed by atoms with Gasteiger partial charge in [0, 0.05) is 19.3 Å². The molecule has 3 aromatic carbocycles. The van der Waals surface area contributed by atoms with Gasteiger partial charge in [0.25, 0.3) is 0 Å². The van der Waals surface area contributed by atoms with Crippen molar-refractivity contribution in [2.24, 2.45) is 5.73 Å². The van der Waals surface area contributed by atoms with Crippen molar-refractivity contribution in [1.82, 2.24) is 26.6 Å². The highest BCUT2D eigenvalue weighted by Crippen LogP contribution is 2.10. The minimum atomic E-state index is -1.79. The maximum absolute atomic E-state index is 14.0. The van der Waals surface area contributed by atoms with Gasteiger partial charge >= 0.3 is 11.9 Å². The molecule has 0 spiro atoms. The molecule has 7 atom stereocenters. The molecular weight excluding hydrogens is 728 g/mol. The summed E-state index contributed by atoms with van der Waals surface area (Å²) in [6.07, 6.45) is -2.59. The minimum absolute atomic E-state index is 0.0232. The van der Waals surface area contributed by atoms with Crippen LogP contribution in [0.15, 0.2) is 91.0 Å². The summed E-state index contributed by atoms with van der Waals surface area (Å²) in [6.45, 7) is 0.0961. The summed E-state index contributed by atoms with van der Waals surface area (Å²) in [5.41, 5.74) is 8.31. The van der Waals surface area contributed by atoms with Crippen LogP contribution in [0, 0.1) is 0 Å². The lowest BCUT2D eigenvalue weighted by atomic mass is 10.0. The van der Waals surface area contributed by atoms with Gasteiger partial charge in [-0.1, -0.05) is 91.0 Å². The van der Waals surface area contributed by atoms with Crippen molar-refractivity contribution in [3.63, 3.8) is 0 Å². The zero-order valence-corrected chi connectivity index (χ0v) is 30.7. The number of carboxylic acids is 2. The third kappa shape index (κ3) is 14.6. The Morgan fingerprint density at radius 2 is 0.929 bits per heavy atom. The van der Waals surface area contributed by atoms with Crippen molar-refractivity contribution < 1.29 is 54.0 Å². The van der Waals surface area contributed by atoms with Crippen LogP contribution in [0.3, 0.4) is 0 Å². The summed E-state index contributed by atoms with van der Waals surface area (Å²) in [6, 6.07) is 17.6. The quantitative estimate of drug-likeness (QED) is 0.0576. The Labute approximate surface area is 323 Å². The minimum Gasteiger partial charge on any atom is -0.481 e. The van der Waals surface area contributed by atoms with Crippen LogP contribution in [-0.4, -0.2) is 111 Å². The molecule has 0 saturated carbocycles. The zero-order valence-electron chi connectivity index (χ0n) is 30.7. The smallest absolute Gasteiger partial charge is 0.328 e. The molecule has 0 unspecified atom stereocenters. The number of hydrogen-bond donors (Lipinski definition) is 10. The van der Waals surface area contributed by atoms with E-state index in [0.29, 0.717) is 11.1 Å². The Morgan fingerprint density at radius 1 is 0.554 bits per heavy atom. The van der Waals surface area contributed by atoms with Crippen LogP contribution < -0.4 is 32.3 Å². The molecule has 17 heteroatoms. The molecule has 0 aliphatic rings. The molecular formula is C39H48N6O11. The van der Waals surface area contributed by atoms with Gasteiger partial charge in [0.2, 0.25) is 29.5 Å². The number of nitrogens with two attached hydrogens (primary N) is 1. The van der Waals surface area contributed by atoms with Crippen LogP contribution in [0.2, 0.25) is 0 Å². The van der Waals surface area contributed by atoms with Gasteiger partial charge in [-0.3, -0.25) is 28.8 Å². The summed E-state index contributed by atoms with van der Waals surface area (Å²) in [5.74, 6) is -7.52. The Bertz CT molecular complexity index is 1780. The number of benzene rings is 3. The van der Waals surface area contributed by atoms with Crippen LogP contribution in [0.5, 0.6) is 0 Å². The molecule has 0 aliphatic carbocycles. The number of nitrogens with one attached hydrogen (secondary N) is 5. The molecule has 3 aromatic rings. The molecule has 0 saturated heterocycles. The Hall–Kier alpha value is -6.17. The number of carboxylic acid groups (broad SMARTS) is 2. The average Bonchev–Trinajstić information content (AvgIpc) is 3.17. The predicted octanol–water partition coefficient (Wildman–Crippen LogP) is -1.21. The van der Waals surface area contributed by atoms with Gasteiger partial charge in [0.15, 0.2) is 6.04 Å². The van der Waals surface area contributed by atoms with E-state index in [9.17, 15) is 54.0 Å². The van der Waals surface area contributed by atoms with E-state index < -0.39 is 103 Å². The summed E-state index contributed by atoms with van der Waals surface area (Å²) >= 11 is 0. The topological polar surface area (TPSA) is 287 Å². The van der Waals surface area contributed by atoms with E-state index in [1.54, 1.807) is 72.8 Å². The average molecular weight is 777 g/mol. The third-order valence-corrected chi connectivity index (χ3v) is 8.61. The highest BCUT2D eigenvalue weighted by atomic mass is 16.4. The molecule has 5 amide bonds. The molecule has 0 aliphatic heterocycles. The monoisotopic (exact) mass is 776 g/mol. The van der Waals surface area contributed by atoms with Gasteiger partial charge in [-0.25, -0.2) is 4.79 Å². The molecule has 0 fully saturated rings. The van der Waals surface area contributed by atoms with Gasteiger partial charge in [-0.15, -0.1) is 0 Å². The summed E-state index contributed by atoms with van der Waals surface area (Å²) in [5, 5.41) is 50.4. The lowest BCUT2D eigenvalue weighted by molar-refractivity contribution is -0.145. The first-order valence-corrected chi connectivity index (χ1v) is 17.8. The van der Waals surface area contributed by atoms with E-state index in [2.05, 4.69) is 21.3 Å². The van der Waals surface area contributed by atoms with Crippen molar-refractivity contribution >= 4 is 41.5 Å². The standard InChI is InChI=1S/C39H48N6O11/c1-23(47)33(39(55)56)45-35(51)28(17-18-32(48)49)41-38(54)31(22-46)44-37(53)30(21-26-15-9-4-10-16-26)43-36(52)29(20-25-13-7-3-8-14-25)42-34(50)27(40)19-24-11-5-2-6-12-24/h2-16,23,27-31,33,46-47H,17-22,40H2,1H3,(H,41,54)(H,42,50)(H,43,52)(H,44,53)(H,45,51)(H,48,49)(H,55,56)/t23-,27+,28+,29+,30+,31+,33+/m1/s1. The van der Waals surface area contributed by atoms with Gasteiger partial charge in [0.05, 0.1) is 18.8 Å². The van der Waals surface area contributed by atoms with E-state index in [4.69, 9.17) is 5.73 Å². The molecule has 300 valence electrons. The molecule has 56 heavy (non-hydrogen) atoms. The van der Waals surface area contributed by atoms with E-state index in [0.717, 1.165) is 12.5 Å². The lowest BCUT2D eigenvalue weighted by Gasteiger charge is -2.27. The molecule has 11 N–H and O–H groups in total. The SMILES string of the molecule is C[C@@H](O)[C@H](NC(=O)[C@H](CCC(=O)O)NC(=O)[C@H](CO)NC(=O)[C@H](Cc1ccccc1)NC(=O)[C@H](Cc1ccccc1)NC(=O)[C@@H](N)Cc1ccccc1)C(=O)O. The molecule has 0 aromatic heterocycles. The number of hydrogen-bond acceptors (Lipinski definition) is 10. The molecule has 0 bridgehead atoms. The number of amides is 5. The van der Waals surface area contributed by atoms with Crippen LogP contribution in [0.4, 0.5) is 0 Å². The fourth-order valence-electron chi connectivity index (χ4n) is 5.55. The predicted molar refractivity (Wildman–Crippen MR) is 201 cm³/mol.